The van der Waals surface area contributed by atoms with Gasteiger partial charge in [-0.2, -0.15) is 9.40 Å². The normalized spacial score (nSPS) is 24.6. The number of anilines is 1. The lowest BCUT2D eigenvalue weighted by Gasteiger charge is -2.34. The predicted octanol–water partition coefficient (Wildman–Crippen LogP) is 4.26. The number of nitrogens with zero attached hydrogens (tertiary/aromatic N) is 3. The summed E-state index contributed by atoms with van der Waals surface area (Å²) in [6.07, 6.45) is -5.01. The summed E-state index contributed by atoms with van der Waals surface area (Å²) in [5.41, 5.74) is -2.03. The maximum absolute atomic E-state index is 15.4. The molecule has 2 aromatic rings. The van der Waals surface area contributed by atoms with Gasteiger partial charge in [-0.1, -0.05) is 24.6 Å². The van der Waals surface area contributed by atoms with E-state index in [0.717, 1.165) is 23.0 Å². The number of alkyl halides is 5. The van der Waals surface area contributed by atoms with Crippen molar-refractivity contribution < 1.29 is 39.8 Å². The van der Waals surface area contributed by atoms with E-state index in [1.54, 1.807) is 6.92 Å². The molecule has 1 aromatic carbocycles. The lowest BCUT2D eigenvalue weighted by molar-refractivity contribution is -0.275. The third-order valence-electron chi connectivity index (χ3n) is 6.86. The summed E-state index contributed by atoms with van der Waals surface area (Å²) in [7, 11) is -4.61. The highest BCUT2D eigenvalue weighted by Crippen LogP contribution is 2.35. The molecule has 0 aliphatic carbocycles. The molecule has 3 atom stereocenters. The summed E-state index contributed by atoms with van der Waals surface area (Å²) in [6, 6.07) is 2.08. The van der Waals surface area contributed by atoms with Gasteiger partial charge in [0.2, 0.25) is 10.0 Å². The standard InChI is InChI=1S/C24H28ClF5N4O5S/c1-2-15-4-5-19(39-24(28,29)30)20(10-15)40(36,37)33-8-6-18(16(26)12-33)34-22(35)21(25)17(11-32-34)31-13-23(27)7-3-9-38-14-23/h4-5,10-11,16,18,31H,2-3,6-9,12-14H2,1H3/t16-,18-,23+/m1/s1. The van der Waals surface area contributed by atoms with Gasteiger partial charge in [0, 0.05) is 19.7 Å². The first-order valence-electron chi connectivity index (χ1n) is 12.5. The maximum Gasteiger partial charge on any atom is 0.573 e. The smallest absolute Gasteiger partial charge is 0.404 e. The van der Waals surface area contributed by atoms with Gasteiger partial charge in [0.15, 0.2) is 5.67 Å². The number of halogens is 6. The van der Waals surface area contributed by atoms with Crippen LogP contribution in [0.25, 0.3) is 0 Å². The molecule has 0 bridgehead atoms. The Bertz CT molecular complexity index is 1380. The number of hydrogen-bond donors (Lipinski definition) is 1. The summed E-state index contributed by atoms with van der Waals surface area (Å²) in [5, 5.41) is 6.37. The first kappa shape index (κ1) is 30.5. The number of aryl methyl sites for hydroxylation is 1. The lowest BCUT2D eigenvalue weighted by atomic mass is 9.99. The van der Waals surface area contributed by atoms with E-state index in [4.69, 9.17) is 16.3 Å². The Hall–Kier alpha value is -2.49. The molecule has 3 heterocycles. The van der Waals surface area contributed by atoms with E-state index in [9.17, 15) is 30.8 Å². The largest absolute Gasteiger partial charge is 0.573 e. The van der Waals surface area contributed by atoms with E-state index in [-0.39, 0.29) is 43.2 Å². The topological polar surface area (TPSA) is 103 Å². The van der Waals surface area contributed by atoms with Gasteiger partial charge in [0.25, 0.3) is 5.56 Å². The van der Waals surface area contributed by atoms with Gasteiger partial charge in [0.05, 0.1) is 31.1 Å². The minimum Gasteiger partial charge on any atom is -0.404 e. The van der Waals surface area contributed by atoms with Crippen LogP contribution in [-0.2, 0) is 21.2 Å². The van der Waals surface area contributed by atoms with Crippen LogP contribution in [-0.4, -0.2) is 73.6 Å². The number of nitrogens with one attached hydrogen (secondary N) is 1. The molecule has 0 spiro atoms. The Morgan fingerprint density at radius 1 is 1.32 bits per heavy atom. The number of benzene rings is 1. The molecule has 4 rings (SSSR count). The van der Waals surface area contributed by atoms with Crippen molar-refractivity contribution in [3.8, 4) is 5.75 Å². The number of hydrogen-bond acceptors (Lipinski definition) is 7. The minimum atomic E-state index is -5.14. The van der Waals surface area contributed by atoms with Gasteiger partial charge in [-0.3, -0.25) is 4.79 Å². The van der Waals surface area contributed by atoms with Gasteiger partial charge in [-0.25, -0.2) is 21.9 Å². The second-order valence-corrected chi connectivity index (χ2v) is 12.0. The summed E-state index contributed by atoms with van der Waals surface area (Å²) in [5.74, 6) is -0.926. The maximum atomic E-state index is 15.4. The lowest BCUT2D eigenvalue weighted by Crippen LogP contribution is -2.48. The Morgan fingerprint density at radius 3 is 2.70 bits per heavy atom. The molecule has 0 radical (unpaired) electrons. The molecule has 0 saturated carbocycles. The van der Waals surface area contributed by atoms with Crippen molar-refractivity contribution in [1.82, 2.24) is 14.1 Å². The minimum absolute atomic E-state index is 0.0499. The van der Waals surface area contributed by atoms with E-state index in [1.165, 1.54) is 6.07 Å². The number of ether oxygens (including phenoxy) is 2. The van der Waals surface area contributed by atoms with Crippen molar-refractivity contribution in [3.05, 3.63) is 45.3 Å². The summed E-state index contributed by atoms with van der Waals surface area (Å²) < 4.78 is 106. The molecule has 9 nitrogen and oxygen atoms in total. The van der Waals surface area contributed by atoms with E-state index < -0.39 is 57.0 Å². The molecule has 0 unspecified atom stereocenters. The molecule has 1 aromatic heterocycles. The Kier molecular flexibility index (Phi) is 8.97. The van der Waals surface area contributed by atoms with Crippen molar-refractivity contribution in [1.29, 1.82) is 0 Å². The van der Waals surface area contributed by atoms with Crippen LogP contribution >= 0.6 is 11.6 Å². The van der Waals surface area contributed by atoms with Gasteiger partial charge < -0.3 is 14.8 Å². The highest BCUT2D eigenvalue weighted by molar-refractivity contribution is 7.89. The second kappa shape index (κ2) is 11.8. The van der Waals surface area contributed by atoms with Crippen molar-refractivity contribution in [2.24, 2.45) is 0 Å². The highest BCUT2D eigenvalue weighted by atomic mass is 35.5. The van der Waals surface area contributed by atoms with Crippen LogP contribution < -0.4 is 15.6 Å². The number of aromatic nitrogens is 2. The van der Waals surface area contributed by atoms with E-state index >= 15 is 4.39 Å². The quantitative estimate of drug-likeness (QED) is 0.443. The van der Waals surface area contributed by atoms with Gasteiger partial charge >= 0.3 is 6.36 Å². The molecular weight excluding hydrogens is 587 g/mol. The molecule has 2 aliphatic heterocycles. The molecule has 2 aliphatic rings. The zero-order valence-electron chi connectivity index (χ0n) is 21.4. The van der Waals surface area contributed by atoms with Crippen LogP contribution in [0.15, 0.2) is 34.1 Å². The highest BCUT2D eigenvalue weighted by Gasteiger charge is 2.41. The zero-order valence-corrected chi connectivity index (χ0v) is 23.0. The van der Waals surface area contributed by atoms with Crippen molar-refractivity contribution >= 4 is 27.3 Å². The molecule has 40 heavy (non-hydrogen) atoms. The number of piperidine rings is 1. The number of sulfonamides is 1. The van der Waals surface area contributed by atoms with Crippen molar-refractivity contribution in [2.45, 2.75) is 61.7 Å². The van der Waals surface area contributed by atoms with Crippen LogP contribution in [0.3, 0.4) is 0 Å². The fraction of sp³-hybridized carbons (Fsp3) is 0.583. The summed E-state index contributed by atoms with van der Waals surface area (Å²) in [6.45, 7) is 0.799. The zero-order chi connectivity index (χ0) is 29.3. The SMILES string of the molecule is CCc1ccc(OC(F)(F)F)c(S(=O)(=O)N2CC[C@@H](n3ncc(NC[C@@]4(F)CCCOC4)c(Cl)c3=O)[C@H](F)C2)c1. The Morgan fingerprint density at radius 2 is 2.08 bits per heavy atom. The van der Waals surface area contributed by atoms with Gasteiger partial charge in [-0.05, 0) is 43.4 Å². The summed E-state index contributed by atoms with van der Waals surface area (Å²) in [4.78, 5) is 12.2. The van der Waals surface area contributed by atoms with Crippen LogP contribution in [0.4, 0.5) is 27.6 Å². The molecule has 0 amide bonds. The number of rotatable bonds is 8. The second-order valence-electron chi connectivity index (χ2n) is 9.70. The average Bonchev–Trinajstić information content (AvgIpc) is 2.89. The molecule has 1 N–H and O–H groups in total. The fourth-order valence-electron chi connectivity index (χ4n) is 4.70. The first-order valence-corrected chi connectivity index (χ1v) is 14.4. The van der Waals surface area contributed by atoms with Gasteiger partial charge in [-0.15, -0.1) is 13.2 Å². The third-order valence-corrected chi connectivity index (χ3v) is 9.11. The van der Waals surface area contributed by atoms with Crippen molar-refractivity contribution in [2.75, 3.05) is 38.2 Å². The fourth-order valence-corrected chi connectivity index (χ4v) is 6.53. The van der Waals surface area contributed by atoms with Crippen LogP contribution in [0.2, 0.25) is 5.02 Å². The molecule has 16 heteroatoms. The molecular formula is C24H28ClF5N4O5S. The van der Waals surface area contributed by atoms with Crippen molar-refractivity contribution in [3.63, 3.8) is 0 Å². The molecule has 2 saturated heterocycles. The Labute approximate surface area is 232 Å². The van der Waals surface area contributed by atoms with E-state index in [2.05, 4.69) is 15.2 Å². The van der Waals surface area contributed by atoms with Gasteiger partial charge in [0.1, 0.15) is 21.8 Å². The van der Waals surface area contributed by atoms with E-state index in [0.29, 0.717) is 29.3 Å². The first-order chi connectivity index (χ1) is 18.7. The molecule has 222 valence electrons. The van der Waals surface area contributed by atoms with Crippen LogP contribution in [0, 0.1) is 0 Å². The third kappa shape index (κ3) is 6.69. The van der Waals surface area contributed by atoms with E-state index in [1.807, 2.05) is 0 Å². The molecule has 2 fully saturated rings. The summed E-state index contributed by atoms with van der Waals surface area (Å²) >= 11 is 6.18. The Balaban J connectivity index is 1.51. The van der Waals surface area contributed by atoms with Crippen LogP contribution in [0.1, 0.15) is 37.8 Å². The van der Waals surface area contributed by atoms with Crippen LogP contribution in [0.5, 0.6) is 5.75 Å². The predicted molar refractivity (Wildman–Crippen MR) is 136 cm³/mol. The average molecular weight is 615 g/mol. The monoisotopic (exact) mass is 614 g/mol.